The van der Waals surface area contributed by atoms with Gasteiger partial charge in [-0.2, -0.15) is 0 Å². The maximum absolute atomic E-state index is 14.1. The summed E-state index contributed by atoms with van der Waals surface area (Å²) in [5.74, 6) is -2.39. The van der Waals surface area contributed by atoms with Gasteiger partial charge in [0.1, 0.15) is 11.6 Å². The third kappa shape index (κ3) is 3.38. The second-order valence-corrected chi connectivity index (χ2v) is 8.03. The number of aliphatic hydroxyl groups excluding tert-OH is 1. The number of rotatable bonds is 3. The van der Waals surface area contributed by atoms with Crippen LogP contribution in [0.5, 0.6) is 0 Å². The Hall–Kier alpha value is -4.25. The van der Waals surface area contributed by atoms with E-state index in [2.05, 4.69) is 0 Å². The zero-order valence-corrected chi connectivity index (χ0v) is 17.8. The first-order valence-electron chi connectivity index (χ1n) is 10.6. The average Bonchev–Trinajstić information content (AvgIpc) is 3.09. The van der Waals surface area contributed by atoms with Crippen LogP contribution >= 0.6 is 0 Å². The monoisotopic (exact) mass is 437 g/mol. The molecule has 0 spiro atoms. The highest BCUT2D eigenvalue weighted by Gasteiger charge is 2.47. The van der Waals surface area contributed by atoms with Crippen LogP contribution in [-0.4, -0.2) is 16.8 Å². The van der Waals surface area contributed by atoms with Crippen molar-refractivity contribution in [2.24, 2.45) is 0 Å². The number of carbonyl (C=O) groups is 2. The zero-order chi connectivity index (χ0) is 23.1. The van der Waals surface area contributed by atoms with Gasteiger partial charge in [-0.25, -0.2) is 4.39 Å². The number of amides is 1. The van der Waals surface area contributed by atoms with Crippen LogP contribution in [0.3, 0.4) is 0 Å². The first-order chi connectivity index (χ1) is 16.0. The van der Waals surface area contributed by atoms with Crippen molar-refractivity contribution in [3.63, 3.8) is 0 Å². The minimum atomic E-state index is -0.896. The van der Waals surface area contributed by atoms with Gasteiger partial charge in [-0.05, 0) is 47.0 Å². The lowest BCUT2D eigenvalue weighted by Crippen LogP contribution is -2.29. The van der Waals surface area contributed by atoms with E-state index in [1.807, 2.05) is 61.5 Å². The van der Waals surface area contributed by atoms with Gasteiger partial charge in [0.15, 0.2) is 0 Å². The number of ketones is 1. The van der Waals surface area contributed by atoms with Crippen LogP contribution in [0.2, 0.25) is 0 Å². The van der Waals surface area contributed by atoms with Crippen molar-refractivity contribution >= 4 is 33.9 Å². The summed E-state index contributed by atoms with van der Waals surface area (Å²) in [5, 5.41) is 13.1. The van der Waals surface area contributed by atoms with Crippen molar-refractivity contribution in [1.29, 1.82) is 0 Å². The molecule has 4 aromatic rings. The van der Waals surface area contributed by atoms with Crippen LogP contribution in [0.4, 0.5) is 10.1 Å². The molecule has 0 aliphatic carbocycles. The topological polar surface area (TPSA) is 57.6 Å². The fourth-order valence-electron chi connectivity index (χ4n) is 4.49. The number of aliphatic hydroxyl groups is 1. The number of fused-ring (bicyclic) bond motifs is 1. The molecule has 1 saturated heterocycles. The zero-order valence-electron chi connectivity index (χ0n) is 17.8. The van der Waals surface area contributed by atoms with E-state index in [1.54, 1.807) is 18.2 Å². The lowest BCUT2D eigenvalue weighted by molar-refractivity contribution is -0.132. The Kier molecular flexibility index (Phi) is 5.02. The van der Waals surface area contributed by atoms with Crippen LogP contribution in [-0.2, 0) is 9.59 Å². The number of anilines is 1. The van der Waals surface area contributed by atoms with E-state index in [1.165, 1.54) is 23.1 Å². The van der Waals surface area contributed by atoms with E-state index in [0.29, 0.717) is 11.1 Å². The SMILES string of the molecule is Cc1ccccc1C1/C(=C(\O)c2cccc3ccccc23)C(=O)C(=O)N1c1cccc(F)c1. The van der Waals surface area contributed by atoms with E-state index in [-0.39, 0.29) is 17.0 Å². The van der Waals surface area contributed by atoms with E-state index in [9.17, 15) is 19.1 Å². The fraction of sp³-hybridized carbons (Fsp3) is 0.0714. The van der Waals surface area contributed by atoms with E-state index >= 15 is 0 Å². The average molecular weight is 437 g/mol. The Balaban J connectivity index is 1.81. The third-order valence-corrected chi connectivity index (χ3v) is 6.06. The number of aryl methyl sites for hydroxylation is 1. The standard InChI is InChI=1S/C28H20FNO3/c1-17-8-2-4-13-21(17)25-24(26(31)23-15-6-10-18-9-3-5-14-22(18)23)27(32)28(33)30(25)20-12-7-11-19(29)16-20/h2-16,25,31H,1H3/b26-24+. The summed E-state index contributed by atoms with van der Waals surface area (Å²) >= 11 is 0. The number of hydrogen-bond acceptors (Lipinski definition) is 3. The number of benzene rings is 4. The van der Waals surface area contributed by atoms with Gasteiger partial charge in [-0.3, -0.25) is 14.5 Å². The molecule has 1 fully saturated rings. The first-order valence-corrected chi connectivity index (χ1v) is 10.6. The van der Waals surface area contributed by atoms with Crippen molar-refractivity contribution in [2.45, 2.75) is 13.0 Å². The second-order valence-electron chi connectivity index (χ2n) is 8.03. The Morgan fingerprint density at radius 2 is 1.58 bits per heavy atom. The largest absolute Gasteiger partial charge is 0.507 e. The molecule has 1 amide bonds. The summed E-state index contributed by atoms with van der Waals surface area (Å²) in [7, 11) is 0. The summed E-state index contributed by atoms with van der Waals surface area (Å²) in [6.45, 7) is 1.87. The Morgan fingerprint density at radius 1 is 0.879 bits per heavy atom. The molecule has 1 aliphatic rings. The van der Waals surface area contributed by atoms with Gasteiger partial charge in [0.2, 0.25) is 0 Å². The summed E-state index contributed by atoms with van der Waals surface area (Å²) in [5.41, 5.74) is 2.22. The Morgan fingerprint density at radius 3 is 2.36 bits per heavy atom. The maximum Gasteiger partial charge on any atom is 0.300 e. The lowest BCUT2D eigenvalue weighted by Gasteiger charge is -2.26. The van der Waals surface area contributed by atoms with Crippen LogP contribution in [0, 0.1) is 12.7 Å². The van der Waals surface area contributed by atoms with Gasteiger partial charge < -0.3 is 5.11 Å². The summed E-state index contributed by atoms with van der Waals surface area (Å²) < 4.78 is 14.1. The number of carbonyl (C=O) groups excluding carboxylic acids is 2. The number of Topliss-reactive ketones (excluding diaryl/α,β-unsaturated/α-hetero) is 1. The normalized spacial score (nSPS) is 17.6. The molecule has 0 bridgehead atoms. The minimum Gasteiger partial charge on any atom is -0.507 e. The van der Waals surface area contributed by atoms with Gasteiger partial charge >= 0.3 is 0 Å². The molecule has 1 unspecified atom stereocenters. The molecule has 33 heavy (non-hydrogen) atoms. The smallest absolute Gasteiger partial charge is 0.300 e. The molecule has 1 atom stereocenters. The van der Waals surface area contributed by atoms with Crippen LogP contribution in [0.15, 0.2) is 96.6 Å². The molecule has 0 saturated carbocycles. The molecule has 4 nitrogen and oxygen atoms in total. The van der Waals surface area contributed by atoms with Crippen molar-refractivity contribution in [3.8, 4) is 0 Å². The van der Waals surface area contributed by atoms with Gasteiger partial charge in [0.25, 0.3) is 11.7 Å². The summed E-state index contributed by atoms with van der Waals surface area (Å²) in [6.07, 6.45) is 0. The van der Waals surface area contributed by atoms with Crippen LogP contribution in [0.1, 0.15) is 22.7 Å². The predicted octanol–water partition coefficient (Wildman–Crippen LogP) is 5.91. The molecule has 5 heteroatoms. The number of hydrogen-bond donors (Lipinski definition) is 1. The number of nitrogens with zero attached hydrogens (tertiary/aromatic N) is 1. The van der Waals surface area contributed by atoms with Gasteiger partial charge in [0.05, 0.1) is 11.6 Å². The van der Waals surface area contributed by atoms with Gasteiger partial charge in [-0.15, -0.1) is 0 Å². The highest BCUT2D eigenvalue weighted by atomic mass is 19.1. The van der Waals surface area contributed by atoms with Crippen molar-refractivity contribution in [2.75, 3.05) is 4.90 Å². The predicted molar refractivity (Wildman–Crippen MR) is 126 cm³/mol. The van der Waals surface area contributed by atoms with Crippen LogP contribution < -0.4 is 4.90 Å². The van der Waals surface area contributed by atoms with Crippen LogP contribution in [0.25, 0.3) is 16.5 Å². The highest BCUT2D eigenvalue weighted by Crippen LogP contribution is 2.43. The summed E-state index contributed by atoms with van der Waals surface area (Å²) in [4.78, 5) is 27.8. The lowest BCUT2D eigenvalue weighted by atomic mass is 9.91. The Labute approximate surface area is 190 Å². The van der Waals surface area contributed by atoms with E-state index < -0.39 is 23.5 Å². The molecule has 5 rings (SSSR count). The minimum absolute atomic E-state index is 0.0186. The molecule has 0 radical (unpaired) electrons. The van der Waals surface area contributed by atoms with Crippen molar-refractivity contribution in [3.05, 3.63) is 119 Å². The molecule has 4 aromatic carbocycles. The molecule has 1 heterocycles. The third-order valence-electron chi connectivity index (χ3n) is 6.06. The first kappa shape index (κ1) is 20.6. The molecular formula is C28H20FNO3. The van der Waals surface area contributed by atoms with Crippen molar-refractivity contribution in [1.82, 2.24) is 0 Å². The van der Waals surface area contributed by atoms with Gasteiger partial charge in [0, 0.05) is 11.3 Å². The molecular weight excluding hydrogens is 417 g/mol. The molecule has 1 N–H and O–H groups in total. The second kappa shape index (κ2) is 8.02. The molecule has 1 aliphatic heterocycles. The fourth-order valence-corrected chi connectivity index (χ4v) is 4.49. The Bertz CT molecular complexity index is 1450. The molecule has 162 valence electrons. The van der Waals surface area contributed by atoms with E-state index in [4.69, 9.17) is 0 Å². The molecule has 0 aromatic heterocycles. The quantitative estimate of drug-likeness (QED) is 0.246. The highest BCUT2D eigenvalue weighted by molar-refractivity contribution is 6.51. The van der Waals surface area contributed by atoms with E-state index in [0.717, 1.165) is 16.3 Å². The summed E-state index contributed by atoms with van der Waals surface area (Å²) in [6, 6.07) is 25.0. The maximum atomic E-state index is 14.1. The van der Waals surface area contributed by atoms with Crippen molar-refractivity contribution < 1.29 is 19.1 Å². The number of halogens is 1. The van der Waals surface area contributed by atoms with Gasteiger partial charge in [-0.1, -0.05) is 72.8 Å².